The summed E-state index contributed by atoms with van der Waals surface area (Å²) in [6, 6.07) is 0.362. The van der Waals surface area contributed by atoms with Crippen LogP contribution in [0.2, 0.25) is 0 Å². The van der Waals surface area contributed by atoms with Crippen LogP contribution in [-0.2, 0) is 9.53 Å². The number of ether oxygens (including phenoxy) is 1. The van der Waals surface area contributed by atoms with E-state index in [1.54, 1.807) is 0 Å². The zero-order chi connectivity index (χ0) is 17.5. The topological polar surface area (TPSA) is 44.8 Å². The van der Waals surface area contributed by atoms with Crippen molar-refractivity contribution in [2.75, 3.05) is 45.9 Å². The van der Waals surface area contributed by atoms with Crippen LogP contribution in [-0.4, -0.2) is 73.7 Å². The molecule has 0 aromatic carbocycles. The molecule has 0 unspecified atom stereocenters. The Kier molecular flexibility index (Phi) is 4.97. The second-order valence-corrected chi connectivity index (χ2v) is 9.64. The lowest BCUT2D eigenvalue weighted by atomic mass is 9.54. The van der Waals surface area contributed by atoms with Crippen LogP contribution < -0.4 is 5.32 Å². The molecule has 0 spiro atoms. The van der Waals surface area contributed by atoms with Crippen LogP contribution in [0.1, 0.15) is 44.9 Å². The zero-order valence-corrected chi connectivity index (χ0v) is 16.1. The quantitative estimate of drug-likeness (QED) is 0.810. The standard InChI is InChI=1S/C21H35N3O2/c25-21(22-20-17-10-15-9-16(12-17)13-18(20)11-15)19-14-26-8-7-24(19)6-5-23-3-1-2-4-23/h15-20H,1-14H2,(H,22,25)/t15?,16?,17?,18?,19-,20?/m1/s1. The van der Waals surface area contributed by atoms with Crippen molar-refractivity contribution in [3.05, 3.63) is 0 Å². The van der Waals surface area contributed by atoms with Gasteiger partial charge in [-0.25, -0.2) is 0 Å². The number of carbonyl (C=O) groups is 1. The third-order valence-corrected chi connectivity index (χ3v) is 7.98. The van der Waals surface area contributed by atoms with Crippen LogP contribution >= 0.6 is 0 Å². The SMILES string of the molecule is O=C(NC1C2CC3CC(C2)CC1C3)[C@H]1COCCN1CCN1CCCC1. The second-order valence-electron chi connectivity index (χ2n) is 9.64. The molecule has 4 saturated carbocycles. The lowest BCUT2D eigenvalue weighted by Gasteiger charge is -2.54. The molecule has 2 saturated heterocycles. The van der Waals surface area contributed by atoms with Crippen molar-refractivity contribution in [1.29, 1.82) is 0 Å². The molecule has 6 fully saturated rings. The lowest BCUT2D eigenvalue weighted by Crippen LogP contribution is -2.61. The largest absolute Gasteiger partial charge is 0.378 e. The number of hydrogen-bond acceptors (Lipinski definition) is 4. The Bertz CT molecular complexity index is 491. The smallest absolute Gasteiger partial charge is 0.239 e. The van der Waals surface area contributed by atoms with E-state index in [0.29, 0.717) is 12.6 Å². The third-order valence-electron chi connectivity index (χ3n) is 7.98. The van der Waals surface area contributed by atoms with E-state index in [4.69, 9.17) is 4.74 Å². The minimum Gasteiger partial charge on any atom is -0.378 e. The molecule has 1 atom stereocenters. The molecule has 4 bridgehead atoms. The fourth-order valence-electron chi connectivity index (χ4n) is 6.84. The molecule has 1 N–H and O–H groups in total. The Hall–Kier alpha value is -0.650. The summed E-state index contributed by atoms with van der Waals surface area (Å²) >= 11 is 0. The number of morpholine rings is 1. The van der Waals surface area contributed by atoms with Crippen molar-refractivity contribution < 1.29 is 9.53 Å². The van der Waals surface area contributed by atoms with E-state index >= 15 is 0 Å². The Balaban J connectivity index is 1.19. The minimum absolute atomic E-state index is 0.0801. The fourth-order valence-corrected chi connectivity index (χ4v) is 6.84. The van der Waals surface area contributed by atoms with Crippen molar-refractivity contribution >= 4 is 5.91 Å². The van der Waals surface area contributed by atoms with Gasteiger partial charge in [0.15, 0.2) is 0 Å². The van der Waals surface area contributed by atoms with Gasteiger partial charge in [-0.3, -0.25) is 9.69 Å². The molecule has 6 rings (SSSR count). The van der Waals surface area contributed by atoms with Crippen molar-refractivity contribution in [2.45, 2.75) is 57.0 Å². The predicted molar refractivity (Wildman–Crippen MR) is 101 cm³/mol. The van der Waals surface area contributed by atoms with Crippen LogP contribution in [0.4, 0.5) is 0 Å². The van der Waals surface area contributed by atoms with E-state index in [9.17, 15) is 4.79 Å². The first-order valence-electron chi connectivity index (χ1n) is 11.1. The fraction of sp³-hybridized carbons (Fsp3) is 0.952. The number of nitrogens with zero attached hydrogens (tertiary/aromatic N) is 2. The number of nitrogens with one attached hydrogen (secondary N) is 1. The van der Waals surface area contributed by atoms with Gasteiger partial charge in [-0.2, -0.15) is 0 Å². The van der Waals surface area contributed by atoms with Gasteiger partial charge in [-0.05, 0) is 81.7 Å². The van der Waals surface area contributed by atoms with Gasteiger partial charge in [-0.1, -0.05) is 0 Å². The maximum atomic E-state index is 13.2. The van der Waals surface area contributed by atoms with Gasteiger partial charge in [0.05, 0.1) is 13.2 Å². The Labute approximate surface area is 157 Å². The van der Waals surface area contributed by atoms with Crippen LogP contribution in [0.15, 0.2) is 0 Å². The summed E-state index contributed by atoms with van der Waals surface area (Å²) in [5, 5.41) is 3.52. The molecule has 5 nitrogen and oxygen atoms in total. The van der Waals surface area contributed by atoms with E-state index in [-0.39, 0.29) is 11.9 Å². The summed E-state index contributed by atoms with van der Waals surface area (Å²) in [7, 11) is 0. The third kappa shape index (κ3) is 3.43. The number of hydrogen-bond donors (Lipinski definition) is 1. The van der Waals surface area contributed by atoms with Crippen LogP contribution in [0.25, 0.3) is 0 Å². The highest BCUT2D eigenvalue weighted by atomic mass is 16.5. The van der Waals surface area contributed by atoms with Gasteiger partial charge in [-0.15, -0.1) is 0 Å². The molecule has 5 heteroatoms. The highest BCUT2D eigenvalue weighted by Crippen LogP contribution is 2.53. The van der Waals surface area contributed by atoms with Crippen molar-refractivity contribution in [1.82, 2.24) is 15.1 Å². The van der Waals surface area contributed by atoms with Gasteiger partial charge in [0.25, 0.3) is 0 Å². The Morgan fingerprint density at radius 3 is 2.31 bits per heavy atom. The molecular formula is C21H35N3O2. The molecular weight excluding hydrogens is 326 g/mol. The number of rotatable bonds is 5. The molecule has 1 amide bonds. The molecule has 26 heavy (non-hydrogen) atoms. The van der Waals surface area contributed by atoms with Crippen LogP contribution in [0.3, 0.4) is 0 Å². The molecule has 0 aromatic heterocycles. The van der Waals surface area contributed by atoms with Gasteiger partial charge < -0.3 is 15.0 Å². The van der Waals surface area contributed by atoms with Crippen molar-refractivity contribution in [3.8, 4) is 0 Å². The monoisotopic (exact) mass is 361 g/mol. The summed E-state index contributed by atoms with van der Waals surface area (Å²) in [6.45, 7) is 6.80. The van der Waals surface area contributed by atoms with E-state index in [2.05, 4.69) is 15.1 Å². The Morgan fingerprint density at radius 2 is 1.62 bits per heavy atom. The summed E-state index contributed by atoms with van der Waals surface area (Å²) in [5.41, 5.74) is 0. The first-order chi connectivity index (χ1) is 12.8. The molecule has 4 aliphatic carbocycles. The van der Waals surface area contributed by atoms with E-state index in [0.717, 1.165) is 49.9 Å². The van der Waals surface area contributed by atoms with Crippen LogP contribution in [0.5, 0.6) is 0 Å². The summed E-state index contributed by atoms with van der Waals surface area (Å²) in [6.07, 6.45) is 9.57. The van der Waals surface area contributed by atoms with E-state index < -0.39 is 0 Å². The van der Waals surface area contributed by atoms with E-state index in [1.807, 2.05) is 0 Å². The average Bonchev–Trinajstić information content (AvgIpc) is 3.16. The molecule has 146 valence electrons. The summed E-state index contributed by atoms with van der Waals surface area (Å²) in [4.78, 5) is 18.1. The highest BCUT2D eigenvalue weighted by Gasteiger charge is 2.49. The van der Waals surface area contributed by atoms with Gasteiger partial charge in [0.2, 0.25) is 5.91 Å². The normalized spacial score (nSPS) is 43.1. The van der Waals surface area contributed by atoms with Crippen molar-refractivity contribution in [2.24, 2.45) is 23.7 Å². The summed E-state index contributed by atoms with van der Waals surface area (Å²) < 4.78 is 5.70. The first-order valence-corrected chi connectivity index (χ1v) is 11.1. The Morgan fingerprint density at radius 1 is 0.923 bits per heavy atom. The lowest BCUT2D eigenvalue weighted by molar-refractivity contribution is -0.136. The van der Waals surface area contributed by atoms with E-state index in [1.165, 1.54) is 58.0 Å². The van der Waals surface area contributed by atoms with Gasteiger partial charge >= 0.3 is 0 Å². The molecule has 2 heterocycles. The van der Waals surface area contributed by atoms with Gasteiger partial charge in [0, 0.05) is 25.7 Å². The van der Waals surface area contributed by atoms with Gasteiger partial charge in [0.1, 0.15) is 6.04 Å². The molecule has 0 aromatic rings. The second kappa shape index (κ2) is 7.40. The molecule has 0 radical (unpaired) electrons. The van der Waals surface area contributed by atoms with Crippen molar-refractivity contribution in [3.63, 3.8) is 0 Å². The number of carbonyl (C=O) groups excluding carboxylic acids is 1. The highest BCUT2D eigenvalue weighted by molar-refractivity contribution is 5.82. The summed E-state index contributed by atoms with van der Waals surface area (Å²) in [5.74, 6) is 3.65. The maximum absolute atomic E-state index is 13.2. The predicted octanol–water partition coefficient (Wildman–Crippen LogP) is 1.72. The van der Waals surface area contributed by atoms with Crippen LogP contribution in [0, 0.1) is 23.7 Å². The average molecular weight is 362 g/mol. The molecule has 6 aliphatic rings. The zero-order valence-electron chi connectivity index (χ0n) is 16.1. The number of likely N-dealkylation sites (tertiary alicyclic amines) is 1. The number of amides is 1. The first kappa shape index (κ1) is 17.4. The minimum atomic E-state index is -0.0801. The maximum Gasteiger partial charge on any atom is 0.239 e. The molecule has 2 aliphatic heterocycles.